The van der Waals surface area contributed by atoms with Gasteiger partial charge in [-0.15, -0.1) is 5.10 Å². The average Bonchev–Trinajstić information content (AvgIpc) is 3.00. The van der Waals surface area contributed by atoms with Gasteiger partial charge in [0.15, 0.2) is 5.65 Å². The molecule has 0 amide bonds. The lowest BCUT2D eigenvalue weighted by Crippen LogP contribution is -2.35. The van der Waals surface area contributed by atoms with Crippen LogP contribution < -0.4 is 5.69 Å². The molecule has 1 fully saturated rings. The van der Waals surface area contributed by atoms with Gasteiger partial charge < -0.3 is 0 Å². The summed E-state index contributed by atoms with van der Waals surface area (Å²) in [6.45, 7) is 0.638. The summed E-state index contributed by atoms with van der Waals surface area (Å²) < 4.78 is 56.4. The van der Waals surface area contributed by atoms with Crippen molar-refractivity contribution in [1.82, 2.24) is 18.5 Å². The van der Waals surface area contributed by atoms with Gasteiger partial charge in [-0.3, -0.25) is 0 Å². The number of piperidine rings is 1. The number of fused-ring (bicyclic) bond motifs is 1. The number of pyridine rings is 1. The first-order valence-corrected chi connectivity index (χ1v) is 10.3. The van der Waals surface area contributed by atoms with Crippen molar-refractivity contribution >= 4 is 15.7 Å². The summed E-state index contributed by atoms with van der Waals surface area (Å²) in [5.74, 6) is -1.28. The Balaban J connectivity index is 1.72. The molecule has 3 heterocycles. The molecule has 0 saturated carbocycles. The molecular formula is C18H18F2N4O3S. The van der Waals surface area contributed by atoms with Gasteiger partial charge in [0.05, 0.1) is 11.4 Å². The second kappa shape index (κ2) is 7.10. The third-order valence-corrected chi connectivity index (χ3v) is 6.71. The molecule has 28 heavy (non-hydrogen) atoms. The topological polar surface area (TPSA) is 76.7 Å². The molecule has 1 aromatic carbocycles. The van der Waals surface area contributed by atoms with Crippen LogP contribution >= 0.6 is 0 Å². The van der Waals surface area contributed by atoms with Gasteiger partial charge in [-0.25, -0.2) is 31.1 Å². The number of hydrogen-bond acceptors (Lipinski definition) is 4. The van der Waals surface area contributed by atoms with E-state index in [1.807, 2.05) is 0 Å². The molecule has 10 heteroatoms. The largest absolute Gasteiger partial charge is 0.350 e. The zero-order chi connectivity index (χ0) is 19.9. The normalized spacial score (nSPS) is 15.9. The predicted molar refractivity (Wildman–Crippen MR) is 97.5 cm³/mol. The molecule has 0 unspecified atom stereocenters. The highest BCUT2D eigenvalue weighted by molar-refractivity contribution is 7.89. The zero-order valence-electron chi connectivity index (χ0n) is 14.9. The van der Waals surface area contributed by atoms with Crippen LogP contribution in [0.2, 0.25) is 0 Å². The van der Waals surface area contributed by atoms with Crippen molar-refractivity contribution in [3.8, 4) is 0 Å². The Labute approximate surface area is 159 Å². The quantitative estimate of drug-likeness (QED) is 0.662. The van der Waals surface area contributed by atoms with Gasteiger partial charge in [0.25, 0.3) is 0 Å². The van der Waals surface area contributed by atoms with Crippen molar-refractivity contribution in [3.05, 3.63) is 64.2 Å². The van der Waals surface area contributed by atoms with E-state index in [1.165, 1.54) is 22.6 Å². The van der Waals surface area contributed by atoms with E-state index in [9.17, 15) is 22.0 Å². The van der Waals surface area contributed by atoms with Crippen LogP contribution in [-0.2, 0) is 16.6 Å². The number of hydrogen-bond donors (Lipinski definition) is 0. The molecule has 7 nitrogen and oxygen atoms in total. The van der Waals surface area contributed by atoms with E-state index in [0.29, 0.717) is 13.1 Å². The Morgan fingerprint density at radius 2 is 1.79 bits per heavy atom. The van der Waals surface area contributed by atoms with Crippen molar-refractivity contribution in [2.75, 3.05) is 13.1 Å². The second-order valence-electron chi connectivity index (χ2n) is 6.73. The first-order valence-electron chi connectivity index (χ1n) is 8.89. The highest BCUT2D eigenvalue weighted by Crippen LogP contribution is 2.20. The Bertz CT molecular complexity index is 1200. The minimum Gasteiger partial charge on any atom is -0.249 e. The fourth-order valence-corrected chi connectivity index (χ4v) is 4.85. The first-order chi connectivity index (χ1) is 13.4. The summed E-state index contributed by atoms with van der Waals surface area (Å²) in [5.41, 5.74) is -0.430. The number of benzene rings is 1. The van der Waals surface area contributed by atoms with Crippen LogP contribution in [-0.4, -0.2) is 40.0 Å². The van der Waals surface area contributed by atoms with Gasteiger partial charge in [0, 0.05) is 24.8 Å². The molecule has 0 radical (unpaired) electrons. The van der Waals surface area contributed by atoms with Gasteiger partial charge in [-0.1, -0.05) is 6.42 Å². The summed E-state index contributed by atoms with van der Waals surface area (Å²) in [5, 5.41) is 4.08. The minimum atomic E-state index is -3.71. The Kier molecular flexibility index (Phi) is 4.76. The molecule has 4 rings (SSSR count). The summed E-state index contributed by atoms with van der Waals surface area (Å²) in [4.78, 5) is 12.6. The molecule has 1 saturated heterocycles. The van der Waals surface area contributed by atoms with Crippen LogP contribution in [0.25, 0.3) is 5.65 Å². The SMILES string of the molecule is O=c1n(Cc2cc(F)ccc2F)nc2ccc(S(=O)(=O)N3CCCCC3)cn12. The van der Waals surface area contributed by atoms with Gasteiger partial charge in [-0.2, -0.15) is 4.31 Å². The third kappa shape index (κ3) is 3.33. The highest BCUT2D eigenvalue weighted by Gasteiger charge is 2.26. The molecule has 1 aliphatic rings. The van der Waals surface area contributed by atoms with Gasteiger partial charge >= 0.3 is 5.69 Å². The number of halogens is 2. The molecule has 148 valence electrons. The molecule has 0 bridgehead atoms. The van der Waals surface area contributed by atoms with E-state index in [2.05, 4.69) is 5.10 Å². The lowest BCUT2D eigenvalue weighted by molar-refractivity contribution is 0.346. The molecular weight excluding hydrogens is 390 g/mol. The molecule has 1 aliphatic heterocycles. The molecule has 0 atom stereocenters. The third-order valence-electron chi connectivity index (χ3n) is 4.83. The number of rotatable bonds is 4. The lowest BCUT2D eigenvalue weighted by atomic mass is 10.2. The standard InChI is InChI=1S/C18H18F2N4O3S/c19-14-4-6-16(20)13(10-14)11-24-18(25)23-12-15(5-7-17(23)21-24)28(26,27)22-8-2-1-3-9-22/h4-7,10,12H,1-3,8-9,11H2. The van der Waals surface area contributed by atoms with Crippen LogP contribution in [0.4, 0.5) is 8.78 Å². The monoisotopic (exact) mass is 408 g/mol. The zero-order valence-corrected chi connectivity index (χ0v) is 15.7. The Morgan fingerprint density at radius 1 is 1.04 bits per heavy atom. The minimum absolute atomic E-state index is 0.000450. The van der Waals surface area contributed by atoms with Crippen LogP contribution in [0.3, 0.4) is 0 Å². The molecule has 0 aliphatic carbocycles. The molecule has 3 aromatic rings. The van der Waals surface area contributed by atoms with Crippen molar-refractivity contribution in [1.29, 1.82) is 0 Å². The smallest absolute Gasteiger partial charge is 0.249 e. The van der Waals surface area contributed by atoms with E-state index >= 15 is 0 Å². The molecule has 0 spiro atoms. The molecule has 2 aromatic heterocycles. The van der Waals surface area contributed by atoms with Crippen molar-refractivity contribution in [3.63, 3.8) is 0 Å². The van der Waals surface area contributed by atoms with Crippen molar-refractivity contribution in [2.45, 2.75) is 30.7 Å². The van der Waals surface area contributed by atoms with Crippen molar-refractivity contribution < 1.29 is 17.2 Å². The van der Waals surface area contributed by atoms with Crippen LogP contribution in [0.5, 0.6) is 0 Å². The van der Waals surface area contributed by atoms with Crippen LogP contribution in [0.15, 0.2) is 46.2 Å². The fraction of sp³-hybridized carbons (Fsp3) is 0.333. The maximum absolute atomic E-state index is 13.9. The first kappa shape index (κ1) is 18.8. The Morgan fingerprint density at radius 3 is 2.54 bits per heavy atom. The summed E-state index contributed by atoms with van der Waals surface area (Å²) >= 11 is 0. The maximum Gasteiger partial charge on any atom is 0.350 e. The summed E-state index contributed by atoms with van der Waals surface area (Å²) in [6.07, 6.45) is 3.83. The van der Waals surface area contributed by atoms with Gasteiger partial charge in [-0.05, 0) is 43.2 Å². The van der Waals surface area contributed by atoms with Gasteiger partial charge in [0.2, 0.25) is 10.0 Å². The number of aromatic nitrogens is 3. The fourth-order valence-electron chi connectivity index (χ4n) is 3.33. The predicted octanol–water partition coefficient (Wildman–Crippen LogP) is 2.00. The Hall–Kier alpha value is -2.59. The molecule has 0 N–H and O–H groups in total. The van der Waals surface area contributed by atoms with Crippen LogP contribution in [0.1, 0.15) is 24.8 Å². The number of sulfonamides is 1. The lowest BCUT2D eigenvalue weighted by Gasteiger charge is -2.25. The second-order valence-corrected chi connectivity index (χ2v) is 8.67. The van der Waals surface area contributed by atoms with E-state index in [4.69, 9.17) is 0 Å². The van der Waals surface area contributed by atoms with E-state index in [-0.39, 0.29) is 22.7 Å². The van der Waals surface area contributed by atoms with Crippen LogP contribution in [0, 0.1) is 11.6 Å². The van der Waals surface area contributed by atoms with E-state index in [0.717, 1.165) is 46.5 Å². The van der Waals surface area contributed by atoms with E-state index < -0.39 is 27.3 Å². The average molecular weight is 408 g/mol. The highest BCUT2D eigenvalue weighted by atomic mass is 32.2. The van der Waals surface area contributed by atoms with E-state index in [1.54, 1.807) is 0 Å². The number of nitrogens with zero attached hydrogens (tertiary/aromatic N) is 4. The summed E-state index contributed by atoms with van der Waals surface area (Å²) in [7, 11) is -3.71. The summed E-state index contributed by atoms with van der Waals surface area (Å²) in [6, 6.07) is 5.80. The van der Waals surface area contributed by atoms with Crippen molar-refractivity contribution in [2.24, 2.45) is 0 Å². The van der Waals surface area contributed by atoms with Gasteiger partial charge in [0.1, 0.15) is 11.6 Å². The maximum atomic E-state index is 13.9.